The van der Waals surface area contributed by atoms with Crippen molar-refractivity contribution in [2.45, 2.75) is 50.7 Å². The van der Waals surface area contributed by atoms with Crippen LogP contribution in [0.1, 0.15) is 31.2 Å². The maximum Gasteiger partial charge on any atom is 0.292 e. The van der Waals surface area contributed by atoms with Crippen molar-refractivity contribution >= 4 is 11.4 Å². The summed E-state index contributed by atoms with van der Waals surface area (Å²) in [6.07, 6.45) is 4.68. The molecule has 3 rings (SSSR count). The Bertz CT molecular complexity index is 518. The van der Waals surface area contributed by atoms with E-state index in [9.17, 15) is 10.1 Å². The van der Waals surface area contributed by atoms with E-state index in [0.717, 1.165) is 18.4 Å². The number of nitro groups is 1. The molecule has 2 unspecified atom stereocenters. The number of rotatable bonds is 3. The summed E-state index contributed by atoms with van der Waals surface area (Å²) in [5, 5.41) is 14.6. The zero-order valence-corrected chi connectivity index (χ0v) is 12.0. The lowest BCUT2D eigenvalue weighted by Crippen LogP contribution is -2.44. The molecular weight excluding hydrogens is 254 g/mol. The summed E-state index contributed by atoms with van der Waals surface area (Å²) in [5.41, 5.74) is 1.77. The minimum absolute atomic E-state index is 0.191. The summed E-state index contributed by atoms with van der Waals surface area (Å²) >= 11 is 0. The third-order valence-electron chi connectivity index (χ3n) is 4.81. The molecule has 2 atom stereocenters. The monoisotopic (exact) mass is 275 g/mol. The normalized spacial score (nSPS) is 29.4. The Balaban J connectivity index is 1.77. The average Bonchev–Trinajstić information content (AvgIpc) is 2.63. The molecule has 5 heteroatoms. The second-order valence-corrected chi connectivity index (χ2v) is 6.14. The fraction of sp³-hybridized carbons (Fsp3) is 0.600. The third kappa shape index (κ3) is 2.38. The predicted octanol–water partition coefficient (Wildman–Crippen LogP) is 2.94. The minimum atomic E-state index is -0.293. The Kier molecular flexibility index (Phi) is 3.38. The fourth-order valence-electron chi connectivity index (χ4n) is 3.66. The van der Waals surface area contributed by atoms with Crippen LogP contribution in [0.15, 0.2) is 18.2 Å². The topological polar surface area (TPSA) is 58.4 Å². The van der Waals surface area contributed by atoms with Gasteiger partial charge in [-0.25, -0.2) is 0 Å². The zero-order chi connectivity index (χ0) is 14.3. The van der Waals surface area contributed by atoms with Crippen molar-refractivity contribution in [2.24, 2.45) is 0 Å². The first-order chi connectivity index (χ1) is 9.54. The Morgan fingerprint density at radius 1 is 1.30 bits per heavy atom. The molecule has 1 N–H and O–H groups in total. The van der Waals surface area contributed by atoms with E-state index in [4.69, 9.17) is 0 Å². The van der Waals surface area contributed by atoms with Gasteiger partial charge in [0.2, 0.25) is 0 Å². The number of aryl methyl sites for hydroxylation is 1. The molecule has 0 saturated carbocycles. The number of fused-ring (bicyclic) bond motifs is 2. The van der Waals surface area contributed by atoms with Crippen LogP contribution in [0.3, 0.4) is 0 Å². The molecule has 2 heterocycles. The molecule has 2 aliphatic rings. The maximum atomic E-state index is 11.2. The van der Waals surface area contributed by atoms with Crippen LogP contribution in [0, 0.1) is 17.0 Å². The molecule has 2 aliphatic heterocycles. The zero-order valence-electron chi connectivity index (χ0n) is 12.0. The average molecular weight is 275 g/mol. The second-order valence-electron chi connectivity index (χ2n) is 6.14. The van der Waals surface area contributed by atoms with Crippen molar-refractivity contribution in [3.8, 4) is 0 Å². The van der Waals surface area contributed by atoms with E-state index in [1.165, 1.54) is 12.8 Å². The fourth-order valence-corrected chi connectivity index (χ4v) is 3.66. The van der Waals surface area contributed by atoms with Gasteiger partial charge in [0.1, 0.15) is 5.69 Å². The summed E-state index contributed by atoms with van der Waals surface area (Å²) < 4.78 is 0. The molecule has 0 aliphatic carbocycles. The number of nitrogens with one attached hydrogen (secondary N) is 1. The highest BCUT2D eigenvalue weighted by atomic mass is 16.6. The summed E-state index contributed by atoms with van der Waals surface area (Å²) in [7, 11) is 2.20. The molecule has 0 aromatic heterocycles. The van der Waals surface area contributed by atoms with Gasteiger partial charge < -0.3 is 10.2 Å². The van der Waals surface area contributed by atoms with Gasteiger partial charge in [0.15, 0.2) is 0 Å². The smallest absolute Gasteiger partial charge is 0.292 e. The molecule has 2 bridgehead atoms. The predicted molar refractivity (Wildman–Crippen MR) is 79.1 cm³/mol. The van der Waals surface area contributed by atoms with Crippen molar-refractivity contribution in [3.05, 3.63) is 33.9 Å². The van der Waals surface area contributed by atoms with Gasteiger partial charge in [0, 0.05) is 24.2 Å². The SMILES string of the molecule is Cc1ccc(NC2CC3CCC(C2)N3C)c([N+](=O)[O-])c1. The lowest BCUT2D eigenvalue weighted by Gasteiger charge is -2.36. The van der Waals surface area contributed by atoms with Gasteiger partial charge in [0.05, 0.1) is 4.92 Å². The Morgan fingerprint density at radius 2 is 1.95 bits per heavy atom. The van der Waals surface area contributed by atoms with Gasteiger partial charge in [-0.3, -0.25) is 10.1 Å². The molecule has 2 fully saturated rings. The highest BCUT2D eigenvalue weighted by Crippen LogP contribution is 2.36. The number of piperidine rings is 1. The molecule has 5 nitrogen and oxygen atoms in total. The Hall–Kier alpha value is -1.62. The van der Waals surface area contributed by atoms with E-state index in [2.05, 4.69) is 17.3 Å². The molecule has 1 aromatic rings. The first kappa shape index (κ1) is 13.4. The molecule has 2 saturated heterocycles. The number of nitrogens with zero attached hydrogens (tertiary/aromatic N) is 2. The largest absolute Gasteiger partial charge is 0.377 e. The van der Waals surface area contributed by atoms with Crippen molar-refractivity contribution in [3.63, 3.8) is 0 Å². The summed E-state index contributed by atoms with van der Waals surface area (Å²) in [6, 6.07) is 7.04. The molecule has 20 heavy (non-hydrogen) atoms. The first-order valence-electron chi connectivity index (χ1n) is 7.28. The van der Waals surface area contributed by atoms with Crippen molar-refractivity contribution in [1.82, 2.24) is 4.90 Å². The van der Waals surface area contributed by atoms with Crippen LogP contribution in [0.25, 0.3) is 0 Å². The summed E-state index contributed by atoms with van der Waals surface area (Å²) in [5.74, 6) is 0. The molecule has 108 valence electrons. The van der Waals surface area contributed by atoms with Crippen molar-refractivity contribution in [1.29, 1.82) is 0 Å². The maximum absolute atomic E-state index is 11.2. The van der Waals surface area contributed by atoms with E-state index in [1.807, 2.05) is 19.1 Å². The molecular formula is C15H21N3O2. The van der Waals surface area contributed by atoms with Crippen LogP contribution in [-0.2, 0) is 0 Å². The quantitative estimate of drug-likeness (QED) is 0.680. The van der Waals surface area contributed by atoms with Gasteiger partial charge in [-0.1, -0.05) is 6.07 Å². The number of anilines is 1. The van der Waals surface area contributed by atoms with Gasteiger partial charge >= 0.3 is 0 Å². The van der Waals surface area contributed by atoms with Crippen molar-refractivity contribution in [2.75, 3.05) is 12.4 Å². The summed E-state index contributed by atoms with van der Waals surface area (Å²) in [4.78, 5) is 13.3. The third-order valence-corrected chi connectivity index (χ3v) is 4.81. The van der Waals surface area contributed by atoms with E-state index in [0.29, 0.717) is 23.8 Å². The van der Waals surface area contributed by atoms with Gasteiger partial charge in [-0.05, 0) is 51.3 Å². The number of hydrogen-bond acceptors (Lipinski definition) is 4. The first-order valence-corrected chi connectivity index (χ1v) is 7.28. The van der Waals surface area contributed by atoms with Crippen LogP contribution in [0.4, 0.5) is 11.4 Å². The van der Waals surface area contributed by atoms with Gasteiger partial charge in [0.25, 0.3) is 5.69 Å². The lowest BCUT2D eigenvalue weighted by molar-refractivity contribution is -0.384. The highest BCUT2D eigenvalue weighted by Gasteiger charge is 2.38. The molecule has 0 radical (unpaired) electrons. The van der Waals surface area contributed by atoms with E-state index < -0.39 is 0 Å². The molecule has 0 amide bonds. The number of nitro benzene ring substituents is 1. The van der Waals surface area contributed by atoms with Gasteiger partial charge in [-0.2, -0.15) is 0 Å². The molecule has 0 spiro atoms. The van der Waals surface area contributed by atoms with Crippen LogP contribution in [0.5, 0.6) is 0 Å². The highest BCUT2D eigenvalue weighted by molar-refractivity contribution is 5.63. The van der Waals surface area contributed by atoms with Crippen LogP contribution in [0.2, 0.25) is 0 Å². The van der Waals surface area contributed by atoms with Crippen LogP contribution in [-0.4, -0.2) is 35.0 Å². The van der Waals surface area contributed by atoms with Crippen molar-refractivity contribution < 1.29 is 4.92 Å². The van der Waals surface area contributed by atoms with E-state index in [-0.39, 0.29) is 10.6 Å². The van der Waals surface area contributed by atoms with E-state index in [1.54, 1.807) is 6.07 Å². The Morgan fingerprint density at radius 3 is 2.55 bits per heavy atom. The van der Waals surface area contributed by atoms with E-state index >= 15 is 0 Å². The number of benzene rings is 1. The molecule has 1 aromatic carbocycles. The van der Waals surface area contributed by atoms with Crippen LogP contribution < -0.4 is 5.32 Å². The van der Waals surface area contributed by atoms with Gasteiger partial charge in [-0.15, -0.1) is 0 Å². The minimum Gasteiger partial charge on any atom is -0.377 e. The Labute approximate surface area is 119 Å². The summed E-state index contributed by atoms with van der Waals surface area (Å²) in [6.45, 7) is 1.88. The second kappa shape index (κ2) is 5.05. The van der Waals surface area contributed by atoms with Crippen LogP contribution >= 0.6 is 0 Å². The standard InChI is InChI=1S/C15H21N3O2/c1-10-3-6-14(15(7-10)18(19)20)16-11-8-12-4-5-13(9-11)17(12)2/h3,6-7,11-13,16H,4-5,8-9H2,1-2H3. The lowest BCUT2D eigenvalue weighted by atomic mass is 9.97. The number of hydrogen-bond donors (Lipinski definition) is 1.